The monoisotopic (exact) mass is 414 g/mol. The standard InChI is InChI=1S/C18H17ClF2N2O3S/c19-15-12-14(5-6-17(15)21)27(25,26)23-9-7-22(8-10-23)18(24)11-13-3-1-2-4-16(13)20/h1-6,12H,7-11H2. The highest BCUT2D eigenvalue weighted by molar-refractivity contribution is 7.89. The molecule has 2 aromatic carbocycles. The fourth-order valence-electron chi connectivity index (χ4n) is 2.88. The van der Waals surface area contributed by atoms with E-state index in [1.807, 2.05) is 0 Å². The van der Waals surface area contributed by atoms with E-state index in [1.54, 1.807) is 18.2 Å². The summed E-state index contributed by atoms with van der Waals surface area (Å²) in [6, 6.07) is 9.28. The minimum Gasteiger partial charge on any atom is -0.340 e. The van der Waals surface area contributed by atoms with E-state index in [4.69, 9.17) is 11.6 Å². The van der Waals surface area contributed by atoms with E-state index in [-0.39, 0.29) is 48.4 Å². The van der Waals surface area contributed by atoms with Gasteiger partial charge in [-0.25, -0.2) is 17.2 Å². The molecule has 1 aliphatic rings. The molecule has 9 heteroatoms. The Labute approximate surface area is 161 Å². The summed E-state index contributed by atoms with van der Waals surface area (Å²) in [7, 11) is -3.83. The lowest BCUT2D eigenvalue weighted by Crippen LogP contribution is -2.50. The minimum absolute atomic E-state index is 0.0764. The maximum Gasteiger partial charge on any atom is 0.243 e. The molecule has 1 amide bonds. The van der Waals surface area contributed by atoms with E-state index in [9.17, 15) is 22.0 Å². The Bertz CT molecular complexity index is 961. The minimum atomic E-state index is -3.83. The Kier molecular flexibility index (Phi) is 5.78. The highest BCUT2D eigenvalue weighted by atomic mass is 35.5. The first-order chi connectivity index (χ1) is 12.8. The lowest BCUT2D eigenvalue weighted by Gasteiger charge is -2.34. The highest BCUT2D eigenvalue weighted by Crippen LogP contribution is 2.23. The van der Waals surface area contributed by atoms with Crippen LogP contribution in [0.1, 0.15) is 5.56 Å². The van der Waals surface area contributed by atoms with E-state index in [0.29, 0.717) is 5.56 Å². The van der Waals surface area contributed by atoms with Gasteiger partial charge in [0.05, 0.1) is 16.3 Å². The number of hydrogen-bond donors (Lipinski definition) is 0. The normalized spacial score (nSPS) is 15.7. The highest BCUT2D eigenvalue weighted by Gasteiger charge is 2.30. The molecule has 0 radical (unpaired) electrons. The van der Waals surface area contributed by atoms with Crippen LogP contribution in [-0.4, -0.2) is 49.7 Å². The number of carbonyl (C=O) groups excluding carboxylic acids is 1. The molecule has 1 aliphatic heterocycles. The van der Waals surface area contributed by atoms with Gasteiger partial charge in [-0.05, 0) is 29.8 Å². The second-order valence-electron chi connectivity index (χ2n) is 6.13. The Hall–Kier alpha value is -2.03. The third-order valence-corrected chi connectivity index (χ3v) is 6.60. The van der Waals surface area contributed by atoms with Gasteiger partial charge in [-0.15, -0.1) is 0 Å². The van der Waals surface area contributed by atoms with Crippen LogP contribution < -0.4 is 0 Å². The van der Waals surface area contributed by atoms with Gasteiger partial charge in [0.1, 0.15) is 11.6 Å². The number of nitrogens with zero attached hydrogens (tertiary/aromatic N) is 2. The molecule has 1 saturated heterocycles. The Morgan fingerprint density at radius 3 is 2.30 bits per heavy atom. The molecule has 0 bridgehead atoms. The van der Waals surface area contributed by atoms with Crippen molar-refractivity contribution in [1.82, 2.24) is 9.21 Å². The average Bonchev–Trinajstić information content (AvgIpc) is 2.65. The van der Waals surface area contributed by atoms with Crippen molar-refractivity contribution >= 4 is 27.5 Å². The Balaban J connectivity index is 1.65. The molecule has 0 saturated carbocycles. The third kappa shape index (κ3) is 4.28. The van der Waals surface area contributed by atoms with E-state index in [0.717, 1.165) is 18.2 Å². The van der Waals surface area contributed by atoms with Crippen molar-refractivity contribution < 1.29 is 22.0 Å². The number of amides is 1. The third-order valence-electron chi connectivity index (χ3n) is 4.42. The largest absolute Gasteiger partial charge is 0.340 e. The van der Waals surface area contributed by atoms with Crippen molar-refractivity contribution in [3.05, 3.63) is 64.7 Å². The summed E-state index contributed by atoms with van der Waals surface area (Å²) in [5.41, 5.74) is 0.304. The number of hydrogen-bond acceptors (Lipinski definition) is 3. The van der Waals surface area contributed by atoms with Crippen LogP contribution in [0, 0.1) is 11.6 Å². The van der Waals surface area contributed by atoms with Gasteiger partial charge < -0.3 is 4.90 Å². The molecule has 0 atom stereocenters. The summed E-state index contributed by atoms with van der Waals surface area (Å²) < 4.78 is 53.5. The molecule has 144 valence electrons. The van der Waals surface area contributed by atoms with E-state index >= 15 is 0 Å². The molecule has 0 aliphatic carbocycles. The summed E-state index contributed by atoms with van der Waals surface area (Å²) in [4.78, 5) is 13.8. The van der Waals surface area contributed by atoms with Crippen LogP contribution in [-0.2, 0) is 21.2 Å². The maximum absolute atomic E-state index is 13.7. The van der Waals surface area contributed by atoms with Crippen molar-refractivity contribution in [2.45, 2.75) is 11.3 Å². The molecule has 0 unspecified atom stereocenters. The number of sulfonamides is 1. The molecular weight excluding hydrogens is 398 g/mol. The molecular formula is C18H17ClF2N2O3S. The quantitative estimate of drug-likeness (QED) is 0.773. The van der Waals surface area contributed by atoms with Crippen LogP contribution in [0.15, 0.2) is 47.4 Å². The lowest BCUT2D eigenvalue weighted by molar-refractivity contribution is -0.131. The van der Waals surface area contributed by atoms with Gasteiger partial charge in [0.25, 0.3) is 0 Å². The molecule has 0 aromatic heterocycles. The van der Waals surface area contributed by atoms with Crippen LogP contribution in [0.3, 0.4) is 0 Å². The summed E-state index contributed by atoms with van der Waals surface area (Å²) in [6.07, 6.45) is -0.0764. The fourth-order valence-corrected chi connectivity index (χ4v) is 4.57. The number of benzene rings is 2. The van der Waals surface area contributed by atoms with Crippen LogP contribution in [0.5, 0.6) is 0 Å². The Morgan fingerprint density at radius 2 is 1.67 bits per heavy atom. The van der Waals surface area contributed by atoms with Gasteiger partial charge in [0.2, 0.25) is 15.9 Å². The topological polar surface area (TPSA) is 57.7 Å². The SMILES string of the molecule is O=C(Cc1ccccc1F)N1CCN(S(=O)(=O)c2ccc(F)c(Cl)c2)CC1. The van der Waals surface area contributed by atoms with Crippen LogP contribution in [0.4, 0.5) is 8.78 Å². The predicted octanol–water partition coefficient (Wildman–Crippen LogP) is 2.69. The number of piperazine rings is 1. The molecule has 1 fully saturated rings. The molecule has 3 rings (SSSR count). The second kappa shape index (κ2) is 7.92. The number of halogens is 3. The van der Waals surface area contributed by atoms with Crippen LogP contribution in [0.2, 0.25) is 5.02 Å². The van der Waals surface area contributed by atoms with E-state index in [1.165, 1.54) is 15.3 Å². The first-order valence-corrected chi connectivity index (χ1v) is 10.1. The van der Waals surface area contributed by atoms with Gasteiger partial charge in [-0.2, -0.15) is 4.31 Å². The van der Waals surface area contributed by atoms with Crippen molar-refractivity contribution in [2.24, 2.45) is 0 Å². The summed E-state index contributed by atoms with van der Waals surface area (Å²) in [6.45, 7) is 0.587. The smallest absolute Gasteiger partial charge is 0.243 e. The van der Waals surface area contributed by atoms with Gasteiger partial charge >= 0.3 is 0 Å². The Morgan fingerprint density at radius 1 is 1.00 bits per heavy atom. The van der Waals surface area contributed by atoms with Gasteiger partial charge in [0, 0.05) is 26.2 Å². The lowest BCUT2D eigenvalue weighted by atomic mass is 10.1. The average molecular weight is 415 g/mol. The zero-order chi connectivity index (χ0) is 19.6. The van der Waals surface area contributed by atoms with Crippen molar-refractivity contribution in [3.63, 3.8) is 0 Å². The molecule has 27 heavy (non-hydrogen) atoms. The van der Waals surface area contributed by atoms with Crippen LogP contribution in [0.25, 0.3) is 0 Å². The van der Waals surface area contributed by atoms with Gasteiger partial charge in [-0.3, -0.25) is 4.79 Å². The molecule has 1 heterocycles. The zero-order valence-corrected chi connectivity index (χ0v) is 15.8. The van der Waals surface area contributed by atoms with E-state index in [2.05, 4.69) is 0 Å². The maximum atomic E-state index is 13.7. The molecule has 2 aromatic rings. The zero-order valence-electron chi connectivity index (χ0n) is 14.2. The predicted molar refractivity (Wildman–Crippen MR) is 96.9 cm³/mol. The fraction of sp³-hybridized carbons (Fsp3) is 0.278. The van der Waals surface area contributed by atoms with Gasteiger partial charge in [-0.1, -0.05) is 29.8 Å². The molecule has 5 nitrogen and oxygen atoms in total. The summed E-state index contributed by atoms with van der Waals surface area (Å²) in [5.74, 6) is -1.40. The van der Waals surface area contributed by atoms with Crippen LogP contribution >= 0.6 is 11.6 Å². The number of rotatable bonds is 4. The first-order valence-electron chi connectivity index (χ1n) is 8.25. The first kappa shape index (κ1) is 19.7. The molecule has 0 spiro atoms. The van der Waals surface area contributed by atoms with Crippen molar-refractivity contribution in [1.29, 1.82) is 0 Å². The number of carbonyl (C=O) groups is 1. The second-order valence-corrected chi connectivity index (χ2v) is 8.47. The molecule has 0 N–H and O–H groups in total. The van der Waals surface area contributed by atoms with Crippen molar-refractivity contribution in [2.75, 3.05) is 26.2 Å². The summed E-state index contributed by atoms with van der Waals surface area (Å²) in [5, 5.41) is -0.269. The van der Waals surface area contributed by atoms with Gasteiger partial charge in [0.15, 0.2) is 0 Å². The van der Waals surface area contributed by atoms with Crippen molar-refractivity contribution in [3.8, 4) is 0 Å². The van der Waals surface area contributed by atoms with E-state index < -0.39 is 21.7 Å². The summed E-state index contributed by atoms with van der Waals surface area (Å²) >= 11 is 5.67.